The largest absolute Gasteiger partial charge is 0.506 e. The highest BCUT2D eigenvalue weighted by Gasteiger charge is 2.31. The van der Waals surface area contributed by atoms with Crippen LogP contribution in [0.5, 0.6) is 5.75 Å². The normalized spacial score (nSPS) is 19.9. The van der Waals surface area contributed by atoms with Gasteiger partial charge in [0.25, 0.3) is 5.24 Å². The third kappa shape index (κ3) is 2.11. The maximum Gasteiger partial charge on any atom is 0.287 e. The van der Waals surface area contributed by atoms with Gasteiger partial charge in [-0.15, -0.1) is 0 Å². The quantitative estimate of drug-likeness (QED) is 0.525. The summed E-state index contributed by atoms with van der Waals surface area (Å²) in [7, 11) is 0. The zero-order valence-electron chi connectivity index (χ0n) is 8.27. The van der Waals surface area contributed by atoms with Crippen LogP contribution in [0.15, 0.2) is 18.2 Å². The SMILES string of the molecule is Nc1cc(CC2NC(=O)SC2=O)ccc1O. The molecule has 0 saturated carbocycles. The van der Waals surface area contributed by atoms with Gasteiger partial charge in [0.15, 0.2) is 0 Å². The smallest absolute Gasteiger partial charge is 0.287 e. The van der Waals surface area contributed by atoms with Crippen molar-refractivity contribution in [3.05, 3.63) is 23.8 Å². The molecule has 84 valence electrons. The number of hydrogen-bond acceptors (Lipinski definition) is 5. The number of nitrogen functional groups attached to an aromatic ring is 1. The number of benzene rings is 1. The maximum atomic E-state index is 11.3. The summed E-state index contributed by atoms with van der Waals surface area (Å²) in [5.41, 5.74) is 6.60. The summed E-state index contributed by atoms with van der Waals surface area (Å²) in [5.74, 6) is 0.0138. The number of thioether (sulfide) groups is 1. The number of nitrogens with two attached hydrogens (primary N) is 1. The molecule has 1 unspecified atom stereocenters. The van der Waals surface area contributed by atoms with Gasteiger partial charge in [-0.25, -0.2) is 0 Å². The second kappa shape index (κ2) is 4.05. The molecule has 16 heavy (non-hydrogen) atoms. The van der Waals surface area contributed by atoms with Crippen molar-refractivity contribution in [2.45, 2.75) is 12.5 Å². The molecule has 0 bridgehead atoms. The van der Waals surface area contributed by atoms with Gasteiger partial charge < -0.3 is 16.2 Å². The number of rotatable bonds is 2. The predicted molar refractivity (Wildman–Crippen MR) is 61.1 cm³/mol. The molecule has 2 rings (SSSR count). The minimum absolute atomic E-state index is 0.0138. The number of carbonyl (C=O) groups is 2. The van der Waals surface area contributed by atoms with Crippen molar-refractivity contribution in [1.82, 2.24) is 5.32 Å². The van der Waals surface area contributed by atoms with Gasteiger partial charge >= 0.3 is 0 Å². The van der Waals surface area contributed by atoms with Crippen molar-refractivity contribution < 1.29 is 14.7 Å². The summed E-state index contributed by atoms with van der Waals surface area (Å²) in [6.45, 7) is 0. The number of phenolic OH excluding ortho intramolecular Hbond substituents is 1. The van der Waals surface area contributed by atoms with Crippen LogP contribution in [0.3, 0.4) is 0 Å². The average Bonchev–Trinajstić information content (AvgIpc) is 2.51. The minimum atomic E-state index is -0.499. The standard InChI is InChI=1S/C10H10N2O3S/c11-6-3-5(1-2-8(6)13)4-7-9(14)16-10(15)12-7/h1-3,7,13H,4,11H2,(H,12,15). The van der Waals surface area contributed by atoms with Gasteiger partial charge in [-0.2, -0.15) is 0 Å². The topological polar surface area (TPSA) is 92.4 Å². The molecule has 1 aromatic rings. The Bertz CT molecular complexity index is 461. The lowest BCUT2D eigenvalue weighted by atomic mass is 10.1. The van der Waals surface area contributed by atoms with Crippen LogP contribution in [-0.2, 0) is 11.2 Å². The first kappa shape index (κ1) is 10.8. The van der Waals surface area contributed by atoms with Gasteiger partial charge in [-0.1, -0.05) is 6.07 Å². The first-order chi connectivity index (χ1) is 7.56. The summed E-state index contributed by atoms with van der Waals surface area (Å²) >= 11 is 0.686. The van der Waals surface area contributed by atoms with Crippen molar-refractivity contribution in [2.24, 2.45) is 0 Å². The summed E-state index contributed by atoms with van der Waals surface area (Å²) in [5, 5.41) is 11.3. The van der Waals surface area contributed by atoms with Crippen molar-refractivity contribution in [2.75, 3.05) is 5.73 Å². The Morgan fingerprint density at radius 2 is 2.19 bits per heavy atom. The van der Waals surface area contributed by atoms with Crippen molar-refractivity contribution in [3.8, 4) is 5.75 Å². The van der Waals surface area contributed by atoms with Crippen LogP contribution >= 0.6 is 11.8 Å². The molecule has 0 radical (unpaired) electrons. The summed E-state index contributed by atoms with van der Waals surface area (Å²) in [6, 6.07) is 4.24. The molecule has 1 saturated heterocycles. The zero-order chi connectivity index (χ0) is 11.7. The first-order valence-electron chi connectivity index (χ1n) is 4.66. The van der Waals surface area contributed by atoms with E-state index in [2.05, 4.69) is 5.32 Å². The molecular formula is C10H10N2O3S. The highest BCUT2D eigenvalue weighted by Crippen LogP contribution is 2.23. The predicted octanol–water partition coefficient (Wildman–Crippen LogP) is 0.869. The first-order valence-corrected chi connectivity index (χ1v) is 5.47. The molecule has 1 atom stereocenters. The van der Waals surface area contributed by atoms with Crippen LogP contribution in [0.2, 0.25) is 0 Å². The molecule has 6 heteroatoms. The highest BCUT2D eigenvalue weighted by molar-refractivity contribution is 8.26. The Balaban J connectivity index is 2.12. The third-order valence-corrected chi connectivity index (χ3v) is 3.09. The number of hydrogen-bond donors (Lipinski definition) is 3. The second-order valence-electron chi connectivity index (χ2n) is 3.50. The summed E-state index contributed by atoms with van der Waals surface area (Å²) in [4.78, 5) is 22.3. The Hall–Kier alpha value is -1.69. The van der Waals surface area contributed by atoms with E-state index in [1.807, 2.05) is 0 Å². The van der Waals surface area contributed by atoms with E-state index in [0.717, 1.165) is 5.56 Å². The molecular weight excluding hydrogens is 228 g/mol. The van der Waals surface area contributed by atoms with Gasteiger partial charge in [-0.3, -0.25) is 9.59 Å². The van der Waals surface area contributed by atoms with E-state index in [0.29, 0.717) is 18.2 Å². The van der Waals surface area contributed by atoms with Crippen molar-refractivity contribution >= 4 is 27.8 Å². The molecule has 0 aromatic heterocycles. The highest BCUT2D eigenvalue weighted by atomic mass is 32.2. The van der Waals surface area contributed by atoms with E-state index in [1.54, 1.807) is 12.1 Å². The zero-order valence-corrected chi connectivity index (χ0v) is 9.08. The number of carbonyl (C=O) groups excluding carboxylic acids is 2. The van der Waals surface area contributed by atoms with Crippen LogP contribution in [0.1, 0.15) is 5.56 Å². The van der Waals surface area contributed by atoms with E-state index in [4.69, 9.17) is 5.73 Å². The molecule has 1 amide bonds. The van der Waals surface area contributed by atoms with Gasteiger partial charge in [0, 0.05) is 18.2 Å². The Morgan fingerprint density at radius 1 is 1.44 bits per heavy atom. The minimum Gasteiger partial charge on any atom is -0.506 e. The molecule has 0 spiro atoms. The fraction of sp³-hybridized carbons (Fsp3) is 0.200. The second-order valence-corrected chi connectivity index (χ2v) is 4.48. The Morgan fingerprint density at radius 3 is 2.75 bits per heavy atom. The van der Waals surface area contributed by atoms with Crippen LogP contribution in [0, 0.1) is 0 Å². The molecule has 5 nitrogen and oxygen atoms in total. The Labute approximate surface area is 96.0 Å². The molecule has 1 aliphatic rings. The average molecular weight is 238 g/mol. The lowest BCUT2D eigenvalue weighted by molar-refractivity contribution is -0.112. The van der Waals surface area contributed by atoms with E-state index in [1.165, 1.54) is 6.07 Å². The fourth-order valence-corrected chi connectivity index (χ4v) is 2.16. The van der Waals surface area contributed by atoms with Gasteiger partial charge in [0.2, 0.25) is 5.12 Å². The van der Waals surface area contributed by atoms with Gasteiger partial charge in [0.1, 0.15) is 11.8 Å². The lowest BCUT2D eigenvalue weighted by Gasteiger charge is -2.08. The third-order valence-electron chi connectivity index (χ3n) is 2.30. The van der Waals surface area contributed by atoms with Crippen LogP contribution < -0.4 is 11.1 Å². The molecule has 1 aromatic carbocycles. The number of amides is 1. The van der Waals surface area contributed by atoms with Gasteiger partial charge in [0.05, 0.1) is 5.69 Å². The number of nitrogens with one attached hydrogen (secondary N) is 1. The molecule has 1 fully saturated rings. The summed E-state index contributed by atoms with van der Waals surface area (Å²) < 4.78 is 0. The number of phenols is 1. The van der Waals surface area contributed by atoms with E-state index >= 15 is 0 Å². The van der Waals surface area contributed by atoms with E-state index < -0.39 is 6.04 Å². The van der Waals surface area contributed by atoms with Gasteiger partial charge in [-0.05, 0) is 17.7 Å². The lowest BCUT2D eigenvalue weighted by Crippen LogP contribution is -2.30. The van der Waals surface area contributed by atoms with Crippen molar-refractivity contribution in [1.29, 1.82) is 0 Å². The van der Waals surface area contributed by atoms with Crippen LogP contribution in [0.4, 0.5) is 10.5 Å². The molecule has 4 N–H and O–H groups in total. The molecule has 0 aliphatic carbocycles. The Kier molecular flexibility index (Phi) is 2.74. The van der Waals surface area contributed by atoms with Crippen LogP contribution in [-0.4, -0.2) is 21.5 Å². The number of aromatic hydroxyl groups is 1. The monoisotopic (exact) mass is 238 g/mol. The fourth-order valence-electron chi connectivity index (χ4n) is 1.49. The molecule has 1 heterocycles. The van der Waals surface area contributed by atoms with Crippen molar-refractivity contribution in [3.63, 3.8) is 0 Å². The van der Waals surface area contributed by atoms with Crippen LogP contribution in [0.25, 0.3) is 0 Å². The van der Waals surface area contributed by atoms with E-state index in [9.17, 15) is 14.7 Å². The molecule has 1 aliphatic heterocycles. The van der Waals surface area contributed by atoms with E-state index in [-0.39, 0.29) is 21.8 Å². The maximum absolute atomic E-state index is 11.3. The summed E-state index contributed by atoms with van der Waals surface area (Å²) in [6.07, 6.45) is 0.391. The number of anilines is 1.